The minimum absolute atomic E-state index is 0.0278. The number of carbonyl (C=O) groups is 4. The van der Waals surface area contributed by atoms with Crippen LogP contribution in [0.5, 0.6) is 0 Å². The normalized spacial score (nSPS) is 10.2. The molecule has 0 aromatic carbocycles. The van der Waals surface area contributed by atoms with Crippen LogP contribution in [-0.4, -0.2) is 36.7 Å². The van der Waals surface area contributed by atoms with E-state index < -0.39 is 11.9 Å². The molecule has 0 saturated heterocycles. The van der Waals surface area contributed by atoms with E-state index >= 15 is 0 Å². The summed E-state index contributed by atoms with van der Waals surface area (Å²) in [4.78, 5) is 62.6. The second-order valence-corrected chi connectivity index (χ2v) is 4.84. The van der Waals surface area contributed by atoms with Crippen molar-refractivity contribution in [2.45, 2.75) is 58.8 Å². The second-order valence-electron chi connectivity index (χ2n) is 4.84. The molecule has 8 heteroatoms. The topological polar surface area (TPSA) is 105 Å². The van der Waals surface area contributed by atoms with Crippen molar-refractivity contribution >= 4 is 23.5 Å². The Morgan fingerprint density at radius 2 is 1.09 bits per heavy atom. The highest BCUT2D eigenvalue weighted by Crippen LogP contribution is 1.99. The number of hydrogen-bond donors (Lipinski definition) is 0. The lowest BCUT2D eigenvalue weighted by molar-refractivity contribution is -0.289. The highest BCUT2D eigenvalue weighted by atomic mass is 17.2. The number of rotatable bonds is 14. The Morgan fingerprint density at radius 3 is 1.43 bits per heavy atom. The van der Waals surface area contributed by atoms with Gasteiger partial charge >= 0.3 is 11.9 Å². The van der Waals surface area contributed by atoms with E-state index in [1.165, 1.54) is 0 Å². The maximum atomic E-state index is 11.2. The first-order chi connectivity index (χ1) is 11.0. The quantitative estimate of drug-likeness (QED) is 0.205. The van der Waals surface area contributed by atoms with Crippen LogP contribution >= 0.6 is 0 Å². The van der Waals surface area contributed by atoms with Crippen LogP contribution in [0, 0.1) is 0 Å². The first-order valence-corrected chi connectivity index (χ1v) is 7.67. The van der Waals surface area contributed by atoms with E-state index in [0.717, 1.165) is 0 Å². The van der Waals surface area contributed by atoms with Gasteiger partial charge in [0, 0.05) is 19.3 Å². The zero-order valence-electron chi connectivity index (χ0n) is 13.6. The fourth-order valence-electron chi connectivity index (χ4n) is 1.51. The van der Waals surface area contributed by atoms with Gasteiger partial charge in [0.25, 0.3) is 0 Å². The predicted octanol–water partition coefficient (Wildman–Crippen LogP) is 1.84. The Morgan fingerprint density at radius 1 is 0.696 bits per heavy atom. The summed E-state index contributed by atoms with van der Waals surface area (Å²) in [6.45, 7) is 3.73. The summed E-state index contributed by atoms with van der Waals surface area (Å²) in [5, 5.41) is 0. The zero-order chi connectivity index (χ0) is 17.5. The van der Waals surface area contributed by atoms with Gasteiger partial charge in [0.1, 0.15) is 24.4 Å². The molecule has 0 saturated carbocycles. The summed E-state index contributed by atoms with van der Waals surface area (Å²) in [7, 11) is 0. The monoisotopic (exact) mass is 332 g/mol. The average Bonchev–Trinajstić information content (AvgIpc) is 2.46. The van der Waals surface area contributed by atoms with Crippen molar-refractivity contribution in [1.29, 1.82) is 0 Å². The van der Waals surface area contributed by atoms with Gasteiger partial charge in [-0.1, -0.05) is 13.8 Å². The lowest BCUT2D eigenvalue weighted by Gasteiger charge is -2.04. The fourth-order valence-corrected chi connectivity index (χ4v) is 1.51. The van der Waals surface area contributed by atoms with E-state index in [9.17, 15) is 19.2 Å². The Bertz CT molecular complexity index is 355. The van der Waals surface area contributed by atoms with Gasteiger partial charge < -0.3 is 0 Å². The third-order valence-corrected chi connectivity index (χ3v) is 2.50. The standard InChI is InChI=1S/C15H24O8/c1-3-6-12(16)10-14(18)22-20-8-5-9-21-23-15(19)11-13(17)7-4-2/h3-11H2,1-2H3. The molecule has 0 heterocycles. The first-order valence-electron chi connectivity index (χ1n) is 7.67. The molecule has 0 fully saturated rings. The van der Waals surface area contributed by atoms with E-state index in [0.29, 0.717) is 32.1 Å². The fraction of sp³-hybridized carbons (Fsp3) is 0.733. The van der Waals surface area contributed by atoms with Gasteiger partial charge in [0.2, 0.25) is 0 Å². The Balaban J connectivity index is 3.49. The molecule has 0 unspecified atom stereocenters. The molecule has 0 aliphatic heterocycles. The van der Waals surface area contributed by atoms with Crippen LogP contribution in [0.3, 0.4) is 0 Å². The number of Topliss-reactive ketones (excluding diaryl/α,β-unsaturated/α-hetero) is 2. The van der Waals surface area contributed by atoms with Gasteiger partial charge in [-0.05, 0) is 12.8 Å². The molecule has 0 atom stereocenters. The molecular weight excluding hydrogens is 308 g/mol. The largest absolute Gasteiger partial charge is 0.349 e. The molecule has 132 valence electrons. The van der Waals surface area contributed by atoms with Crippen molar-refractivity contribution in [2.75, 3.05) is 13.2 Å². The summed E-state index contributed by atoms with van der Waals surface area (Å²) >= 11 is 0. The van der Waals surface area contributed by atoms with E-state index in [2.05, 4.69) is 19.6 Å². The van der Waals surface area contributed by atoms with Crippen molar-refractivity contribution in [1.82, 2.24) is 0 Å². The van der Waals surface area contributed by atoms with Crippen LogP contribution < -0.4 is 0 Å². The van der Waals surface area contributed by atoms with Crippen molar-refractivity contribution < 1.29 is 38.7 Å². The summed E-state index contributed by atoms with van der Waals surface area (Å²) in [5.41, 5.74) is 0. The Hall–Kier alpha value is -1.80. The minimum atomic E-state index is -0.745. The van der Waals surface area contributed by atoms with Gasteiger partial charge in [0.15, 0.2) is 0 Å². The zero-order valence-corrected chi connectivity index (χ0v) is 13.6. The summed E-state index contributed by atoms with van der Waals surface area (Å²) in [5.74, 6) is -1.89. The molecule has 0 aliphatic carbocycles. The molecule has 0 spiro atoms. The summed E-state index contributed by atoms with van der Waals surface area (Å²) in [6.07, 6.45) is 1.68. The van der Waals surface area contributed by atoms with Crippen LogP contribution in [0.1, 0.15) is 58.8 Å². The van der Waals surface area contributed by atoms with Gasteiger partial charge in [-0.25, -0.2) is 9.59 Å². The molecule has 0 N–H and O–H groups in total. The van der Waals surface area contributed by atoms with Crippen molar-refractivity contribution in [3.8, 4) is 0 Å². The van der Waals surface area contributed by atoms with Crippen LogP contribution in [0.4, 0.5) is 0 Å². The lowest BCUT2D eigenvalue weighted by Crippen LogP contribution is -2.14. The first kappa shape index (κ1) is 21.2. The summed E-state index contributed by atoms with van der Waals surface area (Å²) in [6, 6.07) is 0. The van der Waals surface area contributed by atoms with Crippen LogP contribution in [-0.2, 0) is 38.7 Å². The van der Waals surface area contributed by atoms with Crippen molar-refractivity contribution in [2.24, 2.45) is 0 Å². The van der Waals surface area contributed by atoms with Gasteiger partial charge in [-0.15, -0.1) is 0 Å². The maximum Gasteiger partial charge on any atom is 0.349 e. The highest BCUT2D eigenvalue weighted by Gasteiger charge is 2.12. The molecule has 0 radical (unpaired) electrons. The van der Waals surface area contributed by atoms with Gasteiger partial charge in [0.05, 0.1) is 13.2 Å². The smallest absolute Gasteiger partial charge is 0.299 e. The summed E-state index contributed by atoms with van der Waals surface area (Å²) < 4.78 is 0. The number of hydrogen-bond acceptors (Lipinski definition) is 8. The van der Waals surface area contributed by atoms with Crippen LogP contribution in [0.2, 0.25) is 0 Å². The van der Waals surface area contributed by atoms with Gasteiger partial charge in [-0.2, -0.15) is 9.78 Å². The van der Waals surface area contributed by atoms with Crippen molar-refractivity contribution in [3.05, 3.63) is 0 Å². The van der Waals surface area contributed by atoms with Crippen LogP contribution in [0.15, 0.2) is 0 Å². The third kappa shape index (κ3) is 13.6. The highest BCUT2D eigenvalue weighted by molar-refractivity contribution is 5.95. The number of ketones is 2. The van der Waals surface area contributed by atoms with Crippen molar-refractivity contribution in [3.63, 3.8) is 0 Å². The molecule has 0 aromatic heterocycles. The number of carbonyl (C=O) groups excluding carboxylic acids is 4. The van der Waals surface area contributed by atoms with Crippen LogP contribution in [0.25, 0.3) is 0 Å². The maximum absolute atomic E-state index is 11.2. The van der Waals surface area contributed by atoms with E-state index in [-0.39, 0.29) is 37.6 Å². The molecule has 0 aliphatic rings. The molecule has 0 amide bonds. The SMILES string of the molecule is CCCC(=O)CC(=O)OOCCCOOC(=O)CC(=O)CCC. The average molecular weight is 332 g/mol. The molecule has 0 bridgehead atoms. The molecule has 23 heavy (non-hydrogen) atoms. The Kier molecular flexibility index (Phi) is 12.8. The third-order valence-electron chi connectivity index (χ3n) is 2.50. The van der Waals surface area contributed by atoms with E-state index in [4.69, 9.17) is 0 Å². The molecular formula is C15H24O8. The minimum Gasteiger partial charge on any atom is -0.299 e. The van der Waals surface area contributed by atoms with E-state index in [1.807, 2.05) is 13.8 Å². The molecule has 0 aromatic rings. The second kappa shape index (κ2) is 13.8. The lowest BCUT2D eigenvalue weighted by atomic mass is 10.2. The Labute approximate surface area is 135 Å². The molecule has 8 nitrogen and oxygen atoms in total. The molecule has 0 rings (SSSR count). The van der Waals surface area contributed by atoms with E-state index in [1.54, 1.807) is 0 Å². The predicted molar refractivity (Wildman–Crippen MR) is 77.8 cm³/mol. The van der Waals surface area contributed by atoms with Gasteiger partial charge in [-0.3, -0.25) is 19.4 Å².